The van der Waals surface area contributed by atoms with Crippen LogP contribution in [0.15, 0.2) is 48.7 Å². The van der Waals surface area contributed by atoms with Crippen LogP contribution in [0.25, 0.3) is 10.8 Å². The number of fused-ring (bicyclic) bond motifs is 1. The van der Waals surface area contributed by atoms with E-state index in [0.29, 0.717) is 17.3 Å². The molecular weight excluding hydrogens is 267 g/mol. The van der Waals surface area contributed by atoms with E-state index in [-0.39, 0.29) is 5.82 Å². The second-order valence-corrected chi connectivity index (χ2v) is 4.85. The number of halogens is 1. The summed E-state index contributed by atoms with van der Waals surface area (Å²) in [5.41, 5.74) is 1.52. The zero-order chi connectivity index (χ0) is 14.8. The van der Waals surface area contributed by atoms with Crippen LogP contribution in [0.3, 0.4) is 0 Å². The van der Waals surface area contributed by atoms with Crippen molar-refractivity contribution in [2.75, 3.05) is 12.4 Å². The molecule has 4 heteroatoms. The van der Waals surface area contributed by atoms with Gasteiger partial charge in [-0.15, -0.1) is 0 Å². The quantitative estimate of drug-likeness (QED) is 0.771. The average molecular weight is 282 g/mol. The number of ether oxygens (including phenoxy) is 1. The van der Waals surface area contributed by atoms with Crippen LogP contribution in [0.4, 0.5) is 15.9 Å². The molecule has 3 rings (SSSR count). The Hall–Kier alpha value is -2.62. The summed E-state index contributed by atoms with van der Waals surface area (Å²) >= 11 is 0. The summed E-state index contributed by atoms with van der Waals surface area (Å²) in [4.78, 5) is 4.31. The smallest absolute Gasteiger partial charge is 0.146 e. The molecule has 106 valence electrons. The maximum atomic E-state index is 13.9. The van der Waals surface area contributed by atoms with Crippen LogP contribution in [0.5, 0.6) is 5.75 Å². The molecule has 21 heavy (non-hydrogen) atoms. The van der Waals surface area contributed by atoms with Crippen LogP contribution in [0.2, 0.25) is 0 Å². The van der Waals surface area contributed by atoms with E-state index in [0.717, 1.165) is 10.8 Å². The number of benzene rings is 2. The number of nitrogens with one attached hydrogen (secondary N) is 1. The van der Waals surface area contributed by atoms with Crippen LogP contribution < -0.4 is 10.1 Å². The maximum Gasteiger partial charge on any atom is 0.146 e. The van der Waals surface area contributed by atoms with E-state index in [1.165, 1.54) is 11.6 Å². The lowest BCUT2D eigenvalue weighted by Gasteiger charge is -2.11. The van der Waals surface area contributed by atoms with Crippen molar-refractivity contribution in [1.29, 1.82) is 0 Å². The number of aromatic nitrogens is 1. The zero-order valence-electron chi connectivity index (χ0n) is 11.9. The lowest BCUT2D eigenvalue weighted by atomic mass is 10.1. The first-order valence-corrected chi connectivity index (χ1v) is 6.63. The van der Waals surface area contributed by atoms with E-state index in [2.05, 4.69) is 16.4 Å². The van der Waals surface area contributed by atoms with Crippen LogP contribution in [0.1, 0.15) is 5.56 Å². The molecule has 1 N–H and O–H groups in total. The molecule has 0 saturated heterocycles. The number of rotatable bonds is 3. The highest BCUT2D eigenvalue weighted by molar-refractivity contribution is 5.93. The fourth-order valence-corrected chi connectivity index (χ4v) is 2.25. The summed E-state index contributed by atoms with van der Waals surface area (Å²) in [6.45, 7) is 2.04. The molecule has 0 unspecified atom stereocenters. The van der Waals surface area contributed by atoms with Crippen molar-refractivity contribution in [3.8, 4) is 5.75 Å². The lowest BCUT2D eigenvalue weighted by molar-refractivity contribution is 0.414. The Morgan fingerprint density at radius 2 is 1.95 bits per heavy atom. The molecule has 0 fully saturated rings. The summed E-state index contributed by atoms with van der Waals surface area (Å²) in [6, 6.07) is 12.6. The molecule has 0 aliphatic rings. The third kappa shape index (κ3) is 2.65. The molecule has 1 heterocycles. The first-order valence-electron chi connectivity index (χ1n) is 6.63. The number of hydrogen-bond acceptors (Lipinski definition) is 3. The number of hydrogen-bond donors (Lipinski definition) is 1. The molecule has 0 spiro atoms. The second-order valence-electron chi connectivity index (χ2n) is 4.85. The number of nitrogens with zero attached hydrogens (tertiary/aromatic N) is 1. The molecule has 0 bridgehead atoms. The Morgan fingerprint density at radius 1 is 1.10 bits per heavy atom. The fourth-order valence-electron chi connectivity index (χ4n) is 2.25. The second kappa shape index (κ2) is 5.40. The van der Waals surface area contributed by atoms with Gasteiger partial charge in [0.15, 0.2) is 0 Å². The summed E-state index contributed by atoms with van der Waals surface area (Å²) in [5.74, 6) is 0.872. The van der Waals surface area contributed by atoms with E-state index in [1.54, 1.807) is 25.4 Å². The van der Waals surface area contributed by atoms with Crippen LogP contribution >= 0.6 is 0 Å². The molecule has 0 amide bonds. The molecule has 1 aromatic heterocycles. The van der Waals surface area contributed by atoms with Gasteiger partial charge in [-0.1, -0.05) is 23.8 Å². The van der Waals surface area contributed by atoms with Gasteiger partial charge in [-0.3, -0.25) is 0 Å². The minimum absolute atomic E-state index is 0.343. The summed E-state index contributed by atoms with van der Waals surface area (Å²) in [7, 11) is 1.55. The van der Waals surface area contributed by atoms with Crippen molar-refractivity contribution in [2.45, 2.75) is 6.92 Å². The third-order valence-electron chi connectivity index (χ3n) is 3.35. The van der Waals surface area contributed by atoms with Gasteiger partial charge in [0.05, 0.1) is 12.8 Å². The van der Waals surface area contributed by atoms with Gasteiger partial charge in [0.1, 0.15) is 17.4 Å². The highest BCUT2D eigenvalue weighted by atomic mass is 19.1. The Morgan fingerprint density at radius 3 is 2.76 bits per heavy atom. The third-order valence-corrected chi connectivity index (χ3v) is 3.35. The van der Waals surface area contributed by atoms with E-state index in [1.807, 2.05) is 25.1 Å². The van der Waals surface area contributed by atoms with Crippen LogP contribution in [-0.2, 0) is 0 Å². The zero-order valence-corrected chi connectivity index (χ0v) is 11.9. The van der Waals surface area contributed by atoms with Crippen molar-refractivity contribution in [3.63, 3.8) is 0 Å². The van der Waals surface area contributed by atoms with Crippen LogP contribution in [0, 0.1) is 12.7 Å². The van der Waals surface area contributed by atoms with Crippen molar-refractivity contribution in [3.05, 3.63) is 60.0 Å². The van der Waals surface area contributed by atoms with E-state index in [9.17, 15) is 4.39 Å². The number of methoxy groups -OCH3 is 1. The molecule has 3 nitrogen and oxygen atoms in total. The fraction of sp³-hybridized carbons (Fsp3) is 0.118. The van der Waals surface area contributed by atoms with Gasteiger partial charge in [0.2, 0.25) is 0 Å². The number of anilines is 2. The molecule has 0 saturated carbocycles. The Balaban J connectivity index is 2.06. The molecular formula is C17H15FN2O. The minimum Gasteiger partial charge on any atom is -0.497 e. The van der Waals surface area contributed by atoms with Crippen molar-refractivity contribution >= 4 is 22.3 Å². The Kier molecular flexibility index (Phi) is 3.44. The highest BCUT2D eigenvalue weighted by Crippen LogP contribution is 2.28. The van der Waals surface area contributed by atoms with E-state index < -0.39 is 0 Å². The first kappa shape index (κ1) is 13.4. The summed E-state index contributed by atoms with van der Waals surface area (Å²) in [5, 5.41) is 5.06. The van der Waals surface area contributed by atoms with Crippen molar-refractivity contribution in [2.24, 2.45) is 0 Å². The van der Waals surface area contributed by atoms with Gasteiger partial charge in [0.25, 0.3) is 0 Å². The van der Waals surface area contributed by atoms with Gasteiger partial charge in [-0.2, -0.15) is 0 Å². The Bertz CT molecular complexity index is 802. The molecule has 0 atom stereocenters. The molecule has 0 aliphatic carbocycles. The standard InChI is InChI=1S/C17H15FN2O/c1-11-3-5-14-12(9-11)7-8-19-17(14)20-16-10-13(21-2)4-6-15(16)18/h3-10H,1-2H3,(H,19,20). The first-order chi connectivity index (χ1) is 10.2. The summed E-state index contributed by atoms with van der Waals surface area (Å²) in [6.07, 6.45) is 1.71. The maximum absolute atomic E-state index is 13.9. The van der Waals surface area contributed by atoms with Gasteiger partial charge in [-0.05, 0) is 30.5 Å². The van der Waals surface area contributed by atoms with E-state index >= 15 is 0 Å². The molecule has 2 aromatic carbocycles. The topological polar surface area (TPSA) is 34.1 Å². The van der Waals surface area contributed by atoms with Crippen molar-refractivity contribution < 1.29 is 9.13 Å². The predicted octanol–water partition coefficient (Wildman–Crippen LogP) is 4.43. The Labute approximate surface area is 122 Å². The number of aryl methyl sites for hydroxylation is 1. The van der Waals surface area contributed by atoms with Gasteiger partial charge < -0.3 is 10.1 Å². The minimum atomic E-state index is -0.346. The van der Waals surface area contributed by atoms with Gasteiger partial charge in [0, 0.05) is 17.6 Å². The van der Waals surface area contributed by atoms with E-state index in [4.69, 9.17) is 4.74 Å². The largest absolute Gasteiger partial charge is 0.497 e. The lowest BCUT2D eigenvalue weighted by Crippen LogP contribution is -1.98. The van der Waals surface area contributed by atoms with Gasteiger partial charge >= 0.3 is 0 Å². The molecule has 0 radical (unpaired) electrons. The summed E-state index contributed by atoms with van der Waals surface area (Å²) < 4.78 is 19.0. The average Bonchev–Trinajstić information content (AvgIpc) is 2.49. The van der Waals surface area contributed by atoms with Crippen molar-refractivity contribution in [1.82, 2.24) is 4.98 Å². The molecule has 3 aromatic rings. The SMILES string of the molecule is COc1ccc(F)c(Nc2nccc3cc(C)ccc23)c1. The highest BCUT2D eigenvalue weighted by Gasteiger charge is 2.08. The predicted molar refractivity (Wildman–Crippen MR) is 82.7 cm³/mol. The normalized spacial score (nSPS) is 10.6. The van der Waals surface area contributed by atoms with Crippen LogP contribution in [-0.4, -0.2) is 12.1 Å². The van der Waals surface area contributed by atoms with Gasteiger partial charge in [-0.25, -0.2) is 9.37 Å². The molecule has 0 aliphatic heterocycles. The number of pyridine rings is 1. The monoisotopic (exact) mass is 282 g/mol.